The lowest BCUT2D eigenvalue weighted by molar-refractivity contribution is 0.581. The van der Waals surface area contributed by atoms with Crippen LogP contribution in [-0.2, 0) is 16.4 Å². The first kappa shape index (κ1) is 15.3. The van der Waals surface area contributed by atoms with Crippen molar-refractivity contribution in [2.75, 3.05) is 12.3 Å². The second-order valence-electron chi connectivity index (χ2n) is 4.03. The van der Waals surface area contributed by atoms with Crippen LogP contribution in [0.25, 0.3) is 0 Å². The van der Waals surface area contributed by atoms with Gasteiger partial charge in [-0.2, -0.15) is 0 Å². The molecule has 2 rings (SSSR count). The van der Waals surface area contributed by atoms with Crippen LogP contribution in [0.5, 0.6) is 0 Å². The minimum absolute atomic E-state index is 0.0205. The van der Waals surface area contributed by atoms with Gasteiger partial charge in [0, 0.05) is 35.6 Å². The van der Waals surface area contributed by atoms with E-state index < -0.39 is 10.0 Å². The monoisotopic (exact) mass is 378 g/mol. The Labute approximate surface area is 129 Å². The third-order valence-electron chi connectivity index (χ3n) is 2.56. The first-order valence-corrected chi connectivity index (χ1v) is 8.27. The fraction of sp³-hybridized carbons (Fsp3) is 0.182. The molecule has 108 valence electrons. The van der Waals surface area contributed by atoms with Gasteiger partial charge >= 0.3 is 0 Å². The molecule has 0 fully saturated rings. The van der Waals surface area contributed by atoms with E-state index in [0.29, 0.717) is 10.9 Å². The van der Waals surface area contributed by atoms with Gasteiger partial charge in [-0.3, -0.25) is 0 Å². The molecule has 0 amide bonds. The number of H-pyrrole nitrogens is 1. The number of hydrogen-bond donors (Lipinski definition) is 3. The van der Waals surface area contributed by atoms with Crippen molar-refractivity contribution < 1.29 is 8.42 Å². The number of benzene rings is 1. The smallest absolute Gasteiger partial charge is 0.241 e. The number of nitrogens with two attached hydrogens (primary N) is 1. The molecule has 0 saturated heterocycles. The van der Waals surface area contributed by atoms with Crippen molar-refractivity contribution >= 4 is 43.2 Å². The Morgan fingerprint density at radius 1 is 1.45 bits per heavy atom. The number of aromatic nitrogens is 2. The van der Waals surface area contributed by atoms with Crippen LogP contribution in [0.4, 0.5) is 5.69 Å². The highest BCUT2D eigenvalue weighted by atomic mass is 79.9. The molecule has 1 heterocycles. The van der Waals surface area contributed by atoms with E-state index in [1.54, 1.807) is 6.20 Å². The molecule has 9 heteroatoms. The minimum Gasteiger partial charge on any atom is -0.398 e. The van der Waals surface area contributed by atoms with E-state index in [1.807, 2.05) is 0 Å². The van der Waals surface area contributed by atoms with Gasteiger partial charge in [0.2, 0.25) is 10.0 Å². The number of nitrogens with zero attached hydrogens (tertiary/aromatic N) is 1. The normalized spacial score (nSPS) is 11.7. The molecule has 0 bridgehead atoms. The Bertz CT molecular complexity index is 703. The Morgan fingerprint density at radius 2 is 2.20 bits per heavy atom. The SMILES string of the molecule is Nc1cc(Cl)cc(S(=O)(=O)NCCc2cnc[nH]2)c1Br. The van der Waals surface area contributed by atoms with E-state index in [-0.39, 0.29) is 22.2 Å². The van der Waals surface area contributed by atoms with Gasteiger partial charge in [0.15, 0.2) is 0 Å². The van der Waals surface area contributed by atoms with Crippen LogP contribution in [0.1, 0.15) is 5.69 Å². The molecule has 4 N–H and O–H groups in total. The van der Waals surface area contributed by atoms with Gasteiger partial charge in [-0.1, -0.05) is 11.6 Å². The molecule has 0 radical (unpaired) electrons. The molecule has 0 aliphatic rings. The number of halogens is 2. The van der Waals surface area contributed by atoms with Crippen LogP contribution in [-0.4, -0.2) is 24.9 Å². The molecule has 2 aromatic rings. The fourth-order valence-electron chi connectivity index (χ4n) is 1.60. The van der Waals surface area contributed by atoms with Crippen LogP contribution < -0.4 is 10.5 Å². The molecule has 0 saturated carbocycles. The average Bonchev–Trinajstić information content (AvgIpc) is 2.86. The van der Waals surface area contributed by atoms with Crippen LogP contribution >= 0.6 is 27.5 Å². The lowest BCUT2D eigenvalue weighted by Crippen LogP contribution is -2.26. The summed E-state index contributed by atoms with van der Waals surface area (Å²) < 4.78 is 27.2. The van der Waals surface area contributed by atoms with E-state index in [9.17, 15) is 8.42 Å². The number of hydrogen-bond acceptors (Lipinski definition) is 4. The molecule has 0 spiro atoms. The molecule has 1 aromatic carbocycles. The Balaban J connectivity index is 2.14. The van der Waals surface area contributed by atoms with Crippen molar-refractivity contribution in [2.24, 2.45) is 0 Å². The molecule has 0 aliphatic heterocycles. The summed E-state index contributed by atoms with van der Waals surface area (Å²) in [5.41, 5.74) is 6.80. The molecular weight excluding hydrogens is 368 g/mol. The van der Waals surface area contributed by atoms with Crippen molar-refractivity contribution in [3.05, 3.63) is 39.8 Å². The zero-order valence-electron chi connectivity index (χ0n) is 10.2. The summed E-state index contributed by atoms with van der Waals surface area (Å²) in [5, 5.41) is 0.264. The highest BCUT2D eigenvalue weighted by Gasteiger charge is 2.19. The second-order valence-corrected chi connectivity index (χ2v) is 7.00. The van der Waals surface area contributed by atoms with Crippen LogP contribution in [0, 0.1) is 0 Å². The highest BCUT2D eigenvalue weighted by Crippen LogP contribution is 2.31. The van der Waals surface area contributed by atoms with E-state index >= 15 is 0 Å². The van der Waals surface area contributed by atoms with Gasteiger partial charge < -0.3 is 10.7 Å². The standard InChI is InChI=1S/C11H12BrClN4O2S/c12-11-9(14)3-7(13)4-10(11)20(18,19)17-2-1-8-5-15-6-16-8/h3-6,17H,1-2,14H2,(H,15,16). The van der Waals surface area contributed by atoms with E-state index in [0.717, 1.165) is 5.69 Å². The van der Waals surface area contributed by atoms with Gasteiger partial charge in [0.1, 0.15) is 0 Å². The third-order valence-corrected chi connectivity index (χ3v) is 5.41. The van der Waals surface area contributed by atoms with Crippen LogP contribution in [0.2, 0.25) is 5.02 Å². The summed E-state index contributed by atoms with van der Waals surface area (Å²) in [6.45, 7) is 0.239. The summed E-state index contributed by atoms with van der Waals surface area (Å²) >= 11 is 9.00. The number of anilines is 1. The minimum atomic E-state index is -3.68. The fourth-order valence-corrected chi connectivity index (χ4v) is 3.92. The lowest BCUT2D eigenvalue weighted by atomic mass is 10.3. The van der Waals surface area contributed by atoms with Crippen molar-refractivity contribution in [1.82, 2.24) is 14.7 Å². The summed E-state index contributed by atoms with van der Waals surface area (Å²) in [6.07, 6.45) is 3.69. The largest absolute Gasteiger partial charge is 0.398 e. The number of aromatic amines is 1. The molecule has 0 aliphatic carbocycles. The van der Waals surface area contributed by atoms with Gasteiger partial charge in [-0.15, -0.1) is 0 Å². The Morgan fingerprint density at radius 3 is 2.85 bits per heavy atom. The number of imidazole rings is 1. The van der Waals surface area contributed by atoms with Crippen LogP contribution in [0.3, 0.4) is 0 Å². The summed E-state index contributed by atoms with van der Waals surface area (Å²) in [5.74, 6) is 0. The van der Waals surface area contributed by atoms with E-state index in [1.165, 1.54) is 18.5 Å². The van der Waals surface area contributed by atoms with Gasteiger partial charge in [0.25, 0.3) is 0 Å². The summed E-state index contributed by atoms with van der Waals surface area (Å²) in [4.78, 5) is 6.78. The molecule has 0 atom stereocenters. The Kier molecular flexibility index (Phi) is 4.69. The zero-order chi connectivity index (χ0) is 14.8. The molecule has 0 unspecified atom stereocenters. The maximum Gasteiger partial charge on any atom is 0.241 e. The maximum absolute atomic E-state index is 12.2. The van der Waals surface area contributed by atoms with Crippen molar-refractivity contribution in [3.63, 3.8) is 0 Å². The first-order valence-electron chi connectivity index (χ1n) is 5.61. The van der Waals surface area contributed by atoms with Crippen molar-refractivity contribution in [3.8, 4) is 0 Å². The van der Waals surface area contributed by atoms with Gasteiger partial charge in [0.05, 0.1) is 15.7 Å². The van der Waals surface area contributed by atoms with E-state index in [4.69, 9.17) is 17.3 Å². The Hall–Kier alpha value is -1.09. The summed E-state index contributed by atoms with van der Waals surface area (Å²) in [7, 11) is -3.68. The first-order chi connectivity index (χ1) is 9.40. The number of nitrogens with one attached hydrogen (secondary N) is 2. The average molecular weight is 380 g/mol. The number of nitrogen functional groups attached to an aromatic ring is 1. The highest BCUT2D eigenvalue weighted by molar-refractivity contribution is 9.10. The lowest BCUT2D eigenvalue weighted by Gasteiger charge is -2.10. The number of rotatable bonds is 5. The quantitative estimate of drug-likeness (QED) is 0.691. The molecule has 20 heavy (non-hydrogen) atoms. The van der Waals surface area contributed by atoms with Crippen molar-refractivity contribution in [1.29, 1.82) is 0 Å². The summed E-state index contributed by atoms with van der Waals surface area (Å²) in [6, 6.07) is 2.83. The topological polar surface area (TPSA) is 101 Å². The van der Waals surface area contributed by atoms with Gasteiger partial charge in [-0.05, 0) is 28.1 Å². The number of sulfonamides is 1. The molecular formula is C11H12BrClN4O2S. The third kappa shape index (κ3) is 3.51. The predicted octanol–water partition coefficient (Wildman–Crippen LogP) is 1.93. The zero-order valence-corrected chi connectivity index (χ0v) is 13.4. The molecule has 6 nitrogen and oxygen atoms in total. The van der Waals surface area contributed by atoms with Gasteiger partial charge in [-0.25, -0.2) is 18.1 Å². The van der Waals surface area contributed by atoms with Crippen molar-refractivity contribution in [2.45, 2.75) is 11.3 Å². The van der Waals surface area contributed by atoms with Crippen LogP contribution in [0.15, 0.2) is 34.0 Å². The maximum atomic E-state index is 12.2. The second kappa shape index (κ2) is 6.13. The van der Waals surface area contributed by atoms with E-state index in [2.05, 4.69) is 30.6 Å². The molecule has 1 aromatic heterocycles. The predicted molar refractivity (Wildman–Crippen MR) is 81.0 cm³/mol.